The fraction of sp³-hybridized carbons (Fsp3) is 0.314. The monoisotopic (exact) mass is 665 g/mol. The number of hydrogen-bond donors (Lipinski definition) is 1. The first-order valence-corrected chi connectivity index (χ1v) is 16.1. The molecule has 1 fully saturated rings. The van der Waals surface area contributed by atoms with Gasteiger partial charge in [-0.2, -0.15) is 4.98 Å². The number of halogens is 1. The SMILES string of the molecule is COc1cccc(N2CCN(C(=O)c3cc4c(-c5ccncc5OC)cc(C5=CCCN(C(=O)CCn6ccnn6)C5)c(F)c4[nH]3)CC2)n1. The number of hydrogen-bond acceptors (Lipinski definition) is 9. The molecule has 252 valence electrons. The van der Waals surface area contributed by atoms with Crippen molar-refractivity contribution in [1.82, 2.24) is 39.7 Å². The molecule has 0 spiro atoms. The number of pyridine rings is 2. The lowest BCUT2D eigenvalue weighted by Gasteiger charge is -2.35. The number of ether oxygens (including phenoxy) is 2. The molecule has 0 aliphatic carbocycles. The molecule has 2 aliphatic heterocycles. The molecule has 7 rings (SSSR count). The van der Waals surface area contributed by atoms with E-state index in [4.69, 9.17) is 9.47 Å². The second-order valence-electron chi connectivity index (χ2n) is 11.9. The lowest BCUT2D eigenvalue weighted by molar-refractivity contribution is -0.131. The van der Waals surface area contributed by atoms with Crippen molar-refractivity contribution in [3.05, 3.63) is 84.3 Å². The Bertz CT molecular complexity index is 2020. The number of rotatable bonds is 9. The summed E-state index contributed by atoms with van der Waals surface area (Å²) < 4.78 is 29.2. The molecule has 49 heavy (non-hydrogen) atoms. The fourth-order valence-electron chi connectivity index (χ4n) is 6.47. The molecule has 0 bridgehead atoms. The number of nitrogens with zero attached hydrogens (tertiary/aromatic N) is 8. The minimum atomic E-state index is -0.483. The zero-order chi connectivity index (χ0) is 33.9. The Morgan fingerprint density at radius 3 is 2.59 bits per heavy atom. The van der Waals surface area contributed by atoms with Crippen molar-refractivity contribution in [2.75, 3.05) is 58.4 Å². The molecule has 1 N–H and O–H groups in total. The molecular weight excluding hydrogens is 629 g/mol. The van der Waals surface area contributed by atoms with E-state index in [0.29, 0.717) is 85.0 Å². The molecule has 2 amide bonds. The molecule has 1 aromatic carbocycles. The zero-order valence-corrected chi connectivity index (χ0v) is 27.3. The van der Waals surface area contributed by atoms with Gasteiger partial charge in [0, 0.05) is 80.7 Å². The number of aromatic amines is 1. The van der Waals surface area contributed by atoms with E-state index in [1.807, 2.05) is 24.3 Å². The number of amides is 2. The quantitative estimate of drug-likeness (QED) is 0.248. The first-order valence-electron chi connectivity index (χ1n) is 16.1. The van der Waals surface area contributed by atoms with Gasteiger partial charge in [-0.1, -0.05) is 17.4 Å². The smallest absolute Gasteiger partial charge is 0.270 e. The van der Waals surface area contributed by atoms with E-state index in [9.17, 15) is 9.59 Å². The molecule has 1 saturated heterocycles. The number of aromatic nitrogens is 6. The highest BCUT2D eigenvalue weighted by Gasteiger charge is 2.28. The summed E-state index contributed by atoms with van der Waals surface area (Å²) in [5, 5.41) is 8.28. The highest BCUT2D eigenvalue weighted by molar-refractivity contribution is 6.05. The number of methoxy groups -OCH3 is 2. The average Bonchev–Trinajstić information content (AvgIpc) is 3.85. The van der Waals surface area contributed by atoms with Crippen molar-refractivity contribution in [2.45, 2.75) is 19.4 Å². The second-order valence-corrected chi connectivity index (χ2v) is 11.9. The van der Waals surface area contributed by atoms with E-state index in [0.717, 1.165) is 5.82 Å². The number of carbonyl (C=O) groups is 2. The lowest BCUT2D eigenvalue weighted by atomic mass is 9.93. The third-order valence-corrected chi connectivity index (χ3v) is 9.06. The van der Waals surface area contributed by atoms with Crippen LogP contribution < -0.4 is 14.4 Å². The molecular formula is C35H36FN9O4. The number of aryl methyl sites for hydroxylation is 1. The standard InChI is InChI=1S/C35H36FN9O4/c1-48-29-21-37-10-8-24(29)26-19-25(23-5-4-12-44(22-23)32(46)9-13-45-14-11-38-41-45)33(36)34-27(26)20-28(39-34)35(47)43-17-15-42(16-18-43)30-6-3-7-31(40-30)49-2/h3,5-8,10-11,14,19-21,39H,4,9,12-13,15-18,22H2,1-2H3. The van der Waals surface area contributed by atoms with E-state index >= 15 is 4.39 Å². The number of carbonyl (C=O) groups excluding carboxylic acids is 2. The van der Waals surface area contributed by atoms with Gasteiger partial charge < -0.3 is 29.2 Å². The van der Waals surface area contributed by atoms with Gasteiger partial charge in [0.1, 0.15) is 17.3 Å². The van der Waals surface area contributed by atoms with Gasteiger partial charge in [-0.15, -0.1) is 5.10 Å². The maximum atomic E-state index is 16.6. The van der Waals surface area contributed by atoms with Gasteiger partial charge in [0.25, 0.3) is 5.91 Å². The van der Waals surface area contributed by atoms with Crippen LogP contribution in [-0.2, 0) is 11.3 Å². The average molecular weight is 666 g/mol. The maximum absolute atomic E-state index is 16.6. The van der Waals surface area contributed by atoms with Crippen LogP contribution in [0.4, 0.5) is 10.2 Å². The number of H-pyrrole nitrogens is 1. The number of nitrogens with one attached hydrogen (secondary N) is 1. The van der Waals surface area contributed by atoms with Crippen molar-refractivity contribution in [1.29, 1.82) is 0 Å². The summed E-state index contributed by atoms with van der Waals surface area (Å²) in [6.45, 7) is 3.33. The van der Waals surface area contributed by atoms with Crippen LogP contribution in [0.2, 0.25) is 0 Å². The van der Waals surface area contributed by atoms with E-state index in [-0.39, 0.29) is 36.0 Å². The largest absolute Gasteiger partial charge is 0.494 e. The van der Waals surface area contributed by atoms with Crippen molar-refractivity contribution in [3.63, 3.8) is 0 Å². The summed E-state index contributed by atoms with van der Waals surface area (Å²) in [5.74, 6) is 1.08. The zero-order valence-electron chi connectivity index (χ0n) is 27.3. The lowest BCUT2D eigenvalue weighted by Crippen LogP contribution is -2.49. The van der Waals surface area contributed by atoms with Crippen molar-refractivity contribution < 1.29 is 23.5 Å². The summed E-state index contributed by atoms with van der Waals surface area (Å²) in [4.78, 5) is 44.5. The van der Waals surface area contributed by atoms with Crippen LogP contribution in [0.25, 0.3) is 27.6 Å². The molecule has 13 nitrogen and oxygen atoms in total. The molecule has 6 heterocycles. The van der Waals surface area contributed by atoms with Crippen LogP contribution in [0.3, 0.4) is 0 Å². The van der Waals surface area contributed by atoms with Gasteiger partial charge in [0.05, 0.1) is 38.7 Å². The van der Waals surface area contributed by atoms with Crippen LogP contribution in [-0.4, -0.2) is 105 Å². The van der Waals surface area contributed by atoms with Crippen LogP contribution in [0, 0.1) is 5.82 Å². The van der Waals surface area contributed by atoms with Crippen LogP contribution in [0.1, 0.15) is 28.9 Å². The van der Waals surface area contributed by atoms with Gasteiger partial charge in [-0.05, 0) is 41.8 Å². The third kappa shape index (κ3) is 6.41. The Morgan fingerprint density at radius 1 is 0.959 bits per heavy atom. The van der Waals surface area contributed by atoms with E-state index < -0.39 is 5.82 Å². The van der Waals surface area contributed by atoms with Gasteiger partial charge in [-0.25, -0.2) is 4.39 Å². The Balaban J connectivity index is 1.18. The molecule has 0 saturated carbocycles. The van der Waals surface area contributed by atoms with E-state index in [2.05, 4.69) is 30.2 Å². The molecule has 4 aromatic heterocycles. The van der Waals surface area contributed by atoms with Crippen LogP contribution in [0.5, 0.6) is 11.6 Å². The molecule has 0 radical (unpaired) electrons. The van der Waals surface area contributed by atoms with Gasteiger partial charge in [0.2, 0.25) is 11.8 Å². The Kier molecular flexibility index (Phi) is 8.92. The van der Waals surface area contributed by atoms with Crippen molar-refractivity contribution >= 4 is 34.1 Å². The summed E-state index contributed by atoms with van der Waals surface area (Å²) in [7, 11) is 3.14. The Hall–Kier alpha value is -5.79. The van der Waals surface area contributed by atoms with Crippen LogP contribution >= 0.6 is 0 Å². The highest BCUT2D eigenvalue weighted by Crippen LogP contribution is 2.40. The predicted octanol–water partition coefficient (Wildman–Crippen LogP) is 4.04. The number of piperazine rings is 1. The molecule has 0 atom stereocenters. The van der Waals surface area contributed by atoms with E-state index in [1.165, 1.54) is 0 Å². The Morgan fingerprint density at radius 2 is 1.82 bits per heavy atom. The van der Waals surface area contributed by atoms with Crippen LogP contribution in [0.15, 0.2) is 67.3 Å². The second kappa shape index (κ2) is 13.7. The summed E-state index contributed by atoms with van der Waals surface area (Å²) in [6, 6.07) is 10.9. The predicted molar refractivity (Wildman–Crippen MR) is 181 cm³/mol. The fourth-order valence-corrected chi connectivity index (χ4v) is 6.47. The highest BCUT2D eigenvalue weighted by atomic mass is 19.1. The summed E-state index contributed by atoms with van der Waals surface area (Å²) in [6.07, 6.45) is 9.35. The normalized spacial score (nSPS) is 15.0. The topological polar surface area (TPSA) is 135 Å². The minimum Gasteiger partial charge on any atom is -0.494 e. The maximum Gasteiger partial charge on any atom is 0.270 e. The first kappa shape index (κ1) is 31.8. The summed E-state index contributed by atoms with van der Waals surface area (Å²) >= 11 is 0. The number of anilines is 1. The molecule has 0 unspecified atom stereocenters. The van der Waals surface area contributed by atoms with Gasteiger partial charge in [-0.3, -0.25) is 19.3 Å². The van der Waals surface area contributed by atoms with Crippen molar-refractivity contribution in [3.8, 4) is 22.8 Å². The minimum absolute atomic E-state index is 0.0475. The summed E-state index contributed by atoms with van der Waals surface area (Å²) in [5.41, 5.74) is 2.94. The number of benzene rings is 1. The molecule has 5 aromatic rings. The van der Waals surface area contributed by atoms with E-state index in [1.54, 1.807) is 71.7 Å². The Labute approximate surface area is 281 Å². The van der Waals surface area contributed by atoms with Gasteiger partial charge >= 0.3 is 0 Å². The van der Waals surface area contributed by atoms with Gasteiger partial charge in [0.15, 0.2) is 5.82 Å². The molecule has 2 aliphatic rings. The first-order chi connectivity index (χ1) is 23.9. The molecule has 14 heteroatoms. The number of fused-ring (bicyclic) bond motifs is 1. The third-order valence-electron chi connectivity index (χ3n) is 9.06. The van der Waals surface area contributed by atoms with Crippen molar-refractivity contribution in [2.24, 2.45) is 0 Å².